The SMILES string of the molecule is Cc1ccc(C2CC3C4NN=C(CCC(=O)N5CCOCC5)N4C=CN3N2)cc1C. The van der Waals surface area contributed by atoms with Crippen LogP contribution in [0.15, 0.2) is 35.7 Å². The molecule has 0 spiro atoms. The number of hydrazine groups is 1. The Hall–Kier alpha value is -2.58. The van der Waals surface area contributed by atoms with Crippen LogP contribution < -0.4 is 10.9 Å². The monoisotopic (exact) mass is 410 g/mol. The summed E-state index contributed by atoms with van der Waals surface area (Å²) in [7, 11) is 0. The summed E-state index contributed by atoms with van der Waals surface area (Å²) >= 11 is 0. The molecule has 3 atom stereocenters. The minimum atomic E-state index is 0.0903. The van der Waals surface area contributed by atoms with E-state index >= 15 is 0 Å². The summed E-state index contributed by atoms with van der Waals surface area (Å²) in [4.78, 5) is 16.6. The Morgan fingerprint density at radius 3 is 2.83 bits per heavy atom. The van der Waals surface area contributed by atoms with Crippen molar-refractivity contribution in [2.24, 2.45) is 5.10 Å². The van der Waals surface area contributed by atoms with Crippen LogP contribution in [0.1, 0.15) is 42.0 Å². The molecule has 3 unspecified atom stereocenters. The summed E-state index contributed by atoms with van der Waals surface area (Å²) in [5.41, 5.74) is 10.9. The molecular formula is C22H30N6O2. The molecule has 1 amide bonds. The lowest BCUT2D eigenvalue weighted by Gasteiger charge is -2.37. The van der Waals surface area contributed by atoms with E-state index in [1.165, 1.54) is 16.7 Å². The number of benzene rings is 1. The van der Waals surface area contributed by atoms with Crippen LogP contribution in [0, 0.1) is 13.8 Å². The molecule has 30 heavy (non-hydrogen) atoms. The molecule has 1 aromatic rings. The Labute approximate surface area is 177 Å². The number of rotatable bonds is 4. The maximum Gasteiger partial charge on any atom is 0.223 e. The second kappa shape index (κ2) is 7.92. The van der Waals surface area contributed by atoms with Gasteiger partial charge in [0.1, 0.15) is 12.0 Å². The first-order chi connectivity index (χ1) is 14.6. The zero-order valence-electron chi connectivity index (χ0n) is 17.7. The van der Waals surface area contributed by atoms with E-state index in [4.69, 9.17) is 4.74 Å². The van der Waals surface area contributed by atoms with Crippen molar-refractivity contribution in [2.75, 3.05) is 26.3 Å². The van der Waals surface area contributed by atoms with Crippen molar-refractivity contribution in [2.45, 2.75) is 51.4 Å². The van der Waals surface area contributed by atoms with Crippen LogP contribution in [0.2, 0.25) is 0 Å². The molecule has 2 N–H and O–H groups in total. The first-order valence-electron chi connectivity index (χ1n) is 10.9. The number of amidine groups is 1. The van der Waals surface area contributed by atoms with Crippen LogP contribution in [0.4, 0.5) is 0 Å². The topological polar surface area (TPSA) is 72.4 Å². The number of nitrogens with one attached hydrogen (secondary N) is 2. The highest BCUT2D eigenvalue weighted by atomic mass is 16.5. The number of nitrogens with zero attached hydrogens (tertiary/aromatic N) is 4. The smallest absolute Gasteiger partial charge is 0.223 e. The predicted molar refractivity (Wildman–Crippen MR) is 114 cm³/mol. The van der Waals surface area contributed by atoms with E-state index in [2.05, 4.69) is 70.3 Å². The van der Waals surface area contributed by atoms with Gasteiger partial charge in [-0.05, 0) is 37.0 Å². The van der Waals surface area contributed by atoms with Gasteiger partial charge in [0.25, 0.3) is 0 Å². The highest BCUT2D eigenvalue weighted by Crippen LogP contribution is 2.34. The van der Waals surface area contributed by atoms with E-state index in [0.717, 1.165) is 12.3 Å². The molecule has 0 radical (unpaired) electrons. The first kappa shape index (κ1) is 19.4. The van der Waals surface area contributed by atoms with E-state index in [-0.39, 0.29) is 24.2 Å². The van der Waals surface area contributed by atoms with Gasteiger partial charge in [-0.2, -0.15) is 5.10 Å². The molecule has 4 aliphatic rings. The van der Waals surface area contributed by atoms with Crippen LogP contribution in [0.25, 0.3) is 0 Å². The summed E-state index contributed by atoms with van der Waals surface area (Å²) in [6, 6.07) is 7.27. The summed E-state index contributed by atoms with van der Waals surface area (Å²) in [5.74, 6) is 1.12. The van der Waals surface area contributed by atoms with Crippen molar-refractivity contribution in [3.8, 4) is 0 Å². The number of fused-ring (bicyclic) bond motifs is 3. The van der Waals surface area contributed by atoms with Gasteiger partial charge in [0.15, 0.2) is 0 Å². The number of hydrogen-bond donors (Lipinski definition) is 2. The van der Waals surface area contributed by atoms with Crippen molar-refractivity contribution < 1.29 is 9.53 Å². The zero-order valence-corrected chi connectivity index (χ0v) is 17.7. The average molecular weight is 411 g/mol. The number of hydrogen-bond acceptors (Lipinski definition) is 7. The Kier molecular flexibility index (Phi) is 5.12. The van der Waals surface area contributed by atoms with Crippen molar-refractivity contribution in [1.82, 2.24) is 25.7 Å². The summed E-state index contributed by atoms with van der Waals surface area (Å²) < 4.78 is 5.34. The average Bonchev–Trinajstić information content (AvgIpc) is 3.38. The second-order valence-corrected chi connectivity index (χ2v) is 8.54. The molecule has 0 aliphatic carbocycles. The minimum absolute atomic E-state index is 0.0903. The van der Waals surface area contributed by atoms with Crippen LogP contribution >= 0.6 is 0 Å². The lowest BCUT2D eigenvalue weighted by molar-refractivity contribution is -0.135. The highest BCUT2D eigenvalue weighted by molar-refractivity contribution is 5.89. The fourth-order valence-corrected chi connectivity index (χ4v) is 4.70. The third-order valence-corrected chi connectivity index (χ3v) is 6.67. The molecule has 8 heteroatoms. The number of morpholine rings is 1. The van der Waals surface area contributed by atoms with Gasteiger partial charge >= 0.3 is 0 Å². The number of carbonyl (C=O) groups is 1. The normalized spacial score (nSPS) is 27.6. The van der Waals surface area contributed by atoms with E-state index in [1.807, 2.05) is 4.90 Å². The maximum atomic E-state index is 12.5. The predicted octanol–water partition coefficient (Wildman–Crippen LogP) is 1.59. The molecule has 0 bridgehead atoms. The van der Waals surface area contributed by atoms with Crippen LogP contribution in [0.5, 0.6) is 0 Å². The third kappa shape index (κ3) is 3.54. The number of ether oxygens (including phenoxy) is 1. The van der Waals surface area contributed by atoms with Gasteiger partial charge in [-0.15, -0.1) is 0 Å². The van der Waals surface area contributed by atoms with E-state index in [0.29, 0.717) is 39.1 Å². The fourth-order valence-electron chi connectivity index (χ4n) is 4.70. The Bertz CT molecular complexity index is 878. The van der Waals surface area contributed by atoms with Gasteiger partial charge < -0.3 is 19.5 Å². The first-order valence-corrected chi connectivity index (χ1v) is 10.9. The highest BCUT2D eigenvalue weighted by Gasteiger charge is 2.44. The van der Waals surface area contributed by atoms with Gasteiger partial charge in [-0.1, -0.05) is 18.2 Å². The van der Waals surface area contributed by atoms with Crippen LogP contribution in [-0.4, -0.2) is 65.1 Å². The molecule has 0 aromatic heterocycles. The quantitative estimate of drug-likeness (QED) is 0.786. The molecular weight excluding hydrogens is 380 g/mol. The minimum Gasteiger partial charge on any atom is -0.378 e. The third-order valence-electron chi connectivity index (χ3n) is 6.67. The Morgan fingerprint density at radius 2 is 2.03 bits per heavy atom. The molecule has 4 aliphatic heterocycles. The van der Waals surface area contributed by atoms with Gasteiger partial charge in [-0.25, -0.2) is 5.43 Å². The summed E-state index contributed by atoms with van der Waals surface area (Å²) in [5, 5.41) is 6.77. The number of amides is 1. The largest absolute Gasteiger partial charge is 0.378 e. The van der Waals surface area contributed by atoms with Gasteiger partial charge in [-0.3, -0.25) is 10.2 Å². The molecule has 160 valence electrons. The van der Waals surface area contributed by atoms with Crippen molar-refractivity contribution in [3.63, 3.8) is 0 Å². The van der Waals surface area contributed by atoms with Crippen molar-refractivity contribution >= 4 is 11.7 Å². The molecule has 8 nitrogen and oxygen atoms in total. The lowest BCUT2D eigenvalue weighted by atomic mass is 9.97. The number of carbonyl (C=O) groups excluding carboxylic acids is 1. The van der Waals surface area contributed by atoms with E-state index in [9.17, 15) is 4.79 Å². The second-order valence-electron chi connectivity index (χ2n) is 8.54. The fraction of sp³-hybridized carbons (Fsp3) is 0.545. The van der Waals surface area contributed by atoms with Crippen molar-refractivity contribution in [3.05, 3.63) is 47.3 Å². The molecule has 2 saturated heterocycles. The molecule has 4 heterocycles. The van der Waals surface area contributed by atoms with E-state index < -0.39 is 0 Å². The summed E-state index contributed by atoms with van der Waals surface area (Å²) in [6.45, 7) is 6.97. The van der Waals surface area contributed by atoms with Crippen molar-refractivity contribution in [1.29, 1.82) is 0 Å². The molecule has 1 aromatic carbocycles. The summed E-state index contributed by atoms with van der Waals surface area (Å²) in [6.07, 6.45) is 6.37. The van der Waals surface area contributed by atoms with E-state index in [1.54, 1.807) is 0 Å². The molecule has 5 rings (SSSR count). The van der Waals surface area contributed by atoms with Gasteiger partial charge in [0, 0.05) is 38.3 Å². The number of aryl methyl sites for hydroxylation is 2. The van der Waals surface area contributed by atoms with Crippen LogP contribution in [-0.2, 0) is 9.53 Å². The Balaban J connectivity index is 1.21. The Morgan fingerprint density at radius 1 is 1.20 bits per heavy atom. The number of hydrazone groups is 1. The van der Waals surface area contributed by atoms with Crippen LogP contribution in [0.3, 0.4) is 0 Å². The molecule has 0 saturated carbocycles. The van der Waals surface area contributed by atoms with Gasteiger partial charge in [0.05, 0.1) is 25.3 Å². The molecule has 2 fully saturated rings. The van der Waals surface area contributed by atoms with Gasteiger partial charge in [0.2, 0.25) is 5.91 Å². The zero-order chi connectivity index (χ0) is 20.7. The lowest BCUT2D eigenvalue weighted by Crippen LogP contribution is -2.54. The standard InChI is InChI=1S/C22H30N6O2/c1-15-3-4-17(13-16(15)2)18-14-19-22-24-23-20(27(22)7-8-28(19)25-18)5-6-21(29)26-9-11-30-12-10-26/h3-4,7-8,13,18-19,22,24-25H,5-6,9-12,14H2,1-2H3. The maximum absolute atomic E-state index is 12.5.